The van der Waals surface area contributed by atoms with Crippen molar-refractivity contribution in [3.63, 3.8) is 0 Å². The maximum Gasteiger partial charge on any atom is 0.180 e. The van der Waals surface area contributed by atoms with E-state index in [9.17, 15) is 4.79 Å². The van der Waals surface area contributed by atoms with Gasteiger partial charge >= 0.3 is 0 Å². The van der Waals surface area contributed by atoms with E-state index in [2.05, 4.69) is 5.32 Å². The largest absolute Gasteiger partial charge is 0.493 e. The maximum atomic E-state index is 12.1. The van der Waals surface area contributed by atoms with Gasteiger partial charge in [-0.05, 0) is 45.9 Å². The summed E-state index contributed by atoms with van der Waals surface area (Å²) in [6.07, 6.45) is 1.16. The molecule has 0 radical (unpaired) electrons. The number of benzene rings is 1. The Kier molecular flexibility index (Phi) is 7.92. The van der Waals surface area contributed by atoms with Gasteiger partial charge in [-0.3, -0.25) is 4.79 Å². The molecule has 0 aliphatic heterocycles. The molecule has 1 aromatic carbocycles. The SMILES string of the molecule is CCOc1ccccc1C(=O)CNCCCOC(C)C. The zero-order valence-electron chi connectivity index (χ0n) is 12.6. The zero-order valence-corrected chi connectivity index (χ0v) is 12.6. The lowest BCUT2D eigenvalue weighted by molar-refractivity contribution is 0.0767. The summed E-state index contributed by atoms with van der Waals surface area (Å²) < 4.78 is 10.9. The molecule has 112 valence electrons. The van der Waals surface area contributed by atoms with E-state index in [1.807, 2.05) is 39.0 Å². The summed E-state index contributed by atoms with van der Waals surface area (Å²) >= 11 is 0. The highest BCUT2D eigenvalue weighted by molar-refractivity contribution is 6.00. The second-order valence-corrected chi connectivity index (χ2v) is 4.80. The fourth-order valence-electron chi connectivity index (χ4n) is 1.79. The monoisotopic (exact) mass is 279 g/mol. The van der Waals surface area contributed by atoms with Crippen LogP contribution in [0.5, 0.6) is 5.75 Å². The molecular weight excluding hydrogens is 254 g/mol. The Balaban J connectivity index is 2.32. The predicted octanol–water partition coefficient (Wildman–Crippen LogP) is 2.67. The molecule has 0 atom stereocenters. The van der Waals surface area contributed by atoms with Gasteiger partial charge in [0.15, 0.2) is 5.78 Å². The van der Waals surface area contributed by atoms with E-state index in [1.165, 1.54) is 0 Å². The number of hydrogen-bond acceptors (Lipinski definition) is 4. The Morgan fingerprint density at radius 3 is 2.75 bits per heavy atom. The molecule has 1 aromatic rings. The summed E-state index contributed by atoms with van der Waals surface area (Å²) in [6, 6.07) is 7.36. The van der Waals surface area contributed by atoms with Gasteiger partial charge in [0.1, 0.15) is 5.75 Å². The van der Waals surface area contributed by atoms with Crippen LogP contribution in [0.25, 0.3) is 0 Å². The third-order valence-electron chi connectivity index (χ3n) is 2.72. The van der Waals surface area contributed by atoms with Gasteiger partial charge in [-0.2, -0.15) is 0 Å². The number of rotatable bonds is 10. The first-order chi connectivity index (χ1) is 9.65. The topological polar surface area (TPSA) is 47.6 Å². The van der Waals surface area contributed by atoms with Crippen LogP contribution in [0, 0.1) is 0 Å². The van der Waals surface area contributed by atoms with Crippen molar-refractivity contribution in [2.75, 3.05) is 26.3 Å². The van der Waals surface area contributed by atoms with E-state index in [1.54, 1.807) is 6.07 Å². The van der Waals surface area contributed by atoms with Crippen LogP contribution in [0.15, 0.2) is 24.3 Å². The highest BCUT2D eigenvalue weighted by Gasteiger charge is 2.10. The molecule has 0 bridgehead atoms. The van der Waals surface area contributed by atoms with Crippen molar-refractivity contribution in [3.05, 3.63) is 29.8 Å². The van der Waals surface area contributed by atoms with Gasteiger partial charge in [0.2, 0.25) is 0 Å². The Morgan fingerprint density at radius 1 is 1.30 bits per heavy atom. The van der Waals surface area contributed by atoms with Crippen molar-refractivity contribution in [1.82, 2.24) is 5.32 Å². The van der Waals surface area contributed by atoms with Crippen molar-refractivity contribution in [1.29, 1.82) is 0 Å². The Bertz CT molecular complexity index is 404. The van der Waals surface area contributed by atoms with Crippen LogP contribution in [0.2, 0.25) is 0 Å². The summed E-state index contributed by atoms with van der Waals surface area (Å²) in [5, 5.41) is 3.14. The van der Waals surface area contributed by atoms with E-state index in [0.717, 1.165) is 13.0 Å². The summed E-state index contributed by atoms with van der Waals surface area (Å²) in [5.74, 6) is 0.712. The van der Waals surface area contributed by atoms with E-state index < -0.39 is 0 Å². The molecule has 0 unspecified atom stereocenters. The van der Waals surface area contributed by atoms with Crippen LogP contribution in [0.4, 0.5) is 0 Å². The molecule has 0 heterocycles. The lowest BCUT2D eigenvalue weighted by Crippen LogP contribution is -2.25. The van der Waals surface area contributed by atoms with Crippen molar-refractivity contribution in [2.24, 2.45) is 0 Å². The smallest absolute Gasteiger partial charge is 0.180 e. The Labute approximate surface area is 121 Å². The minimum Gasteiger partial charge on any atom is -0.493 e. The minimum absolute atomic E-state index is 0.0545. The summed E-state index contributed by atoms with van der Waals surface area (Å²) in [5.41, 5.74) is 0.639. The Hall–Kier alpha value is -1.39. The standard InChI is InChI=1S/C16H25NO3/c1-4-19-16-9-6-5-8-14(16)15(18)12-17-10-7-11-20-13(2)3/h5-6,8-9,13,17H,4,7,10-12H2,1-3H3. The van der Waals surface area contributed by atoms with Crippen molar-refractivity contribution in [2.45, 2.75) is 33.3 Å². The average molecular weight is 279 g/mol. The van der Waals surface area contributed by atoms with E-state index in [0.29, 0.717) is 31.1 Å². The number of carbonyl (C=O) groups is 1. The zero-order chi connectivity index (χ0) is 14.8. The third-order valence-corrected chi connectivity index (χ3v) is 2.72. The number of Topliss-reactive ketones (excluding diaryl/α,β-unsaturated/α-hetero) is 1. The van der Waals surface area contributed by atoms with Crippen LogP contribution in [-0.4, -0.2) is 38.2 Å². The number of ether oxygens (including phenoxy) is 2. The molecule has 0 spiro atoms. The molecule has 4 heteroatoms. The molecular formula is C16H25NO3. The minimum atomic E-state index is 0.0545. The summed E-state index contributed by atoms with van der Waals surface area (Å²) in [7, 11) is 0. The summed E-state index contributed by atoms with van der Waals surface area (Å²) in [4.78, 5) is 12.1. The second-order valence-electron chi connectivity index (χ2n) is 4.80. The maximum absolute atomic E-state index is 12.1. The quantitative estimate of drug-likeness (QED) is 0.528. The molecule has 0 fully saturated rings. The molecule has 0 aromatic heterocycles. The normalized spacial score (nSPS) is 10.8. The van der Waals surface area contributed by atoms with E-state index in [4.69, 9.17) is 9.47 Å². The lowest BCUT2D eigenvalue weighted by Gasteiger charge is -2.10. The van der Waals surface area contributed by atoms with Gasteiger partial charge in [-0.25, -0.2) is 0 Å². The van der Waals surface area contributed by atoms with Crippen molar-refractivity contribution >= 4 is 5.78 Å². The van der Waals surface area contributed by atoms with Gasteiger partial charge in [0, 0.05) is 6.61 Å². The molecule has 0 amide bonds. The Morgan fingerprint density at radius 2 is 2.05 bits per heavy atom. The van der Waals surface area contributed by atoms with Crippen LogP contribution < -0.4 is 10.1 Å². The van der Waals surface area contributed by atoms with Crippen molar-refractivity contribution < 1.29 is 14.3 Å². The van der Waals surface area contributed by atoms with Crippen molar-refractivity contribution in [3.8, 4) is 5.75 Å². The summed E-state index contributed by atoms with van der Waals surface area (Å²) in [6.45, 7) is 8.32. The first-order valence-electron chi connectivity index (χ1n) is 7.22. The number of carbonyl (C=O) groups excluding carboxylic acids is 1. The fraction of sp³-hybridized carbons (Fsp3) is 0.562. The van der Waals surface area contributed by atoms with Gasteiger partial charge in [0.05, 0.1) is 24.8 Å². The first kappa shape index (κ1) is 16.7. The second kappa shape index (κ2) is 9.50. The van der Waals surface area contributed by atoms with Gasteiger partial charge < -0.3 is 14.8 Å². The van der Waals surface area contributed by atoms with Crippen LogP contribution in [0.3, 0.4) is 0 Å². The molecule has 1 rings (SSSR count). The average Bonchev–Trinajstić information content (AvgIpc) is 2.43. The fourth-order valence-corrected chi connectivity index (χ4v) is 1.79. The molecule has 0 saturated carbocycles. The number of para-hydroxylation sites is 1. The van der Waals surface area contributed by atoms with Gasteiger partial charge in [-0.1, -0.05) is 12.1 Å². The number of hydrogen-bond donors (Lipinski definition) is 1. The number of ketones is 1. The molecule has 4 nitrogen and oxygen atoms in total. The predicted molar refractivity (Wildman–Crippen MR) is 80.5 cm³/mol. The molecule has 20 heavy (non-hydrogen) atoms. The van der Waals surface area contributed by atoms with Gasteiger partial charge in [0.25, 0.3) is 0 Å². The van der Waals surface area contributed by atoms with Crippen LogP contribution in [0.1, 0.15) is 37.6 Å². The van der Waals surface area contributed by atoms with E-state index in [-0.39, 0.29) is 11.9 Å². The molecule has 0 aliphatic rings. The van der Waals surface area contributed by atoms with E-state index >= 15 is 0 Å². The van der Waals surface area contributed by atoms with Crippen LogP contribution >= 0.6 is 0 Å². The molecule has 0 saturated heterocycles. The lowest BCUT2D eigenvalue weighted by atomic mass is 10.1. The molecule has 0 aliphatic carbocycles. The third kappa shape index (κ3) is 6.17. The number of nitrogens with one attached hydrogen (secondary N) is 1. The highest BCUT2D eigenvalue weighted by Crippen LogP contribution is 2.18. The van der Waals surface area contributed by atoms with Crippen LogP contribution in [-0.2, 0) is 4.74 Å². The first-order valence-corrected chi connectivity index (χ1v) is 7.22. The molecule has 1 N–H and O–H groups in total. The van der Waals surface area contributed by atoms with Gasteiger partial charge in [-0.15, -0.1) is 0 Å². The highest BCUT2D eigenvalue weighted by atomic mass is 16.5.